The zero-order chi connectivity index (χ0) is 19.6. The van der Waals surface area contributed by atoms with E-state index in [1.807, 2.05) is 13.0 Å². The molecule has 6 nitrogen and oxygen atoms in total. The van der Waals surface area contributed by atoms with Crippen LogP contribution in [-0.4, -0.2) is 53.3 Å². The van der Waals surface area contributed by atoms with Crippen LogP contribution in [0.3, 0.4) is 0 Å². The number of nitrogens with zero attached hydrogens (tertiary/aromatic N) is 2. The lowest BCUT2D eigenvalue weighted by Crippen LogP contribution is -2.52. The topological polar surface area (TPSA) is 71.8 Å². The maximum absolute atomic E-state index is 13.3. The Morgan fingerprint density at radius 3 is 2.56 bits per heavy atom. The molecule has 1 N–H and O–H groups in total. The number of methoxy groups -OCH3 is 1. The van der Waals surface area contributed by atoms with Crippen LogP contribution in [0.25, 0.3) is 0 Å². The van der Waals surface area contributed by atoms with E-state index < -0.39 is 11.4 Å². The number of rotatable bonds is 5. The molecule has 1 saturated heterocycles. The number of aromatic nitrogens is 1. The van der Waals surface area contributed by atoms with Gasteiger partial charge in [0.1, 0.15) is 5.41 Å². The molecule has 3 rings (SSSR count). The fraction of sp³-hybridized carbons (Fsp3) is 0.714. The third-order valence-electron chi connectivity index (χ3n) is 6.39. The molecule has 2 aliphatic rings. The molecule has 1 unspecified atom stereocenters. The number of aliphatic carboxylic acids is 1. The predicted molar refractivity (Wildman–Crippen MR) is 103 cm³/mol. The molecule has 1 saturated carbocycles. The Labute approximate surface area is 161 Å². The highest BCUT2D eigenvalue weighted by Crippen LogP contribution is 2.35. The Morgan fingerprint density at radius 2 is 1.93 bits per heavy atom. The summed E-state index contributed by atoms with van der Waals surface area (Å²) in [4.78, 5) is 26.9. The van der Waals surface area contributed by atoms with E-state index in [1.54, 1.807) is 4.90 Å². The number of aryl methyl sites for hydroxylation is 1. The lowest BCUT2D eigenvalue weighted by Gasteiger charge is -2.39. The van der Waals surface area contributed by atoms with Crippen molar-refractivity contribution < 1.29 is 19.4 Å². The highest BCUT2D eigenvalue weighted by atomic mass is 16.5. The zero-order valence-corrected chi connectivity index (χ0v) is 16.8. The normalized spacial score (nSPS) is 24.2. The fourth-order valence-corrected chi connectivity index (χ4v) is 5.00. The summed E-state index contributed by atoms with van der Waals surface area (Å²) < 4.78 is 7.51. The van der Waals surface area contributed by atoms with Gasteiger partial charge in [0.25, 0.3) is 5.91 Å². The molecule has 1 aromatic heterocycles. The highest BCUT2D eigenvalue weighted by molar-refractivity contribution is 5.96. The first-order valence-electron chi connectivity index (χ1n) is 10.1. The second-order valence-corrected chi connectivity index (χ2v) is 8.30. The minimum absolute atomic E-state index is 0.0495. The van der Waals surface area contributed by atoms with E-state index in [0.717, 1.165) is 17.0 Å². The lowest BCUT2D eigenvalue weighted by molar-refractivity contribution is -0.155. The summed E-state index contributed by atoms with van der Waals surface area (Å²) in [7, 11) is 1.52. The van der Waals surface area contributed by atoms with Crippen molar-refractivity contribution in [2.24, 2.45) is 5.41 Å². The van der Waals surface area contributed by atoms with Crippen molar-refractivity contribution >= 4 is 11.9 Å². The summed E-state index contributed by atoms with van der Waals surface area (Å²) in [6.07, 6.45) is 7.36. The third-order valence-corrected chi connectivity index (χ3v) is 6.39. The summed E-state index contributed by atoms with van der Waals surface area (Å²) >= 11 is 0. The van der Waals surface area contributed by atoms with Gasteiger partial charge in [-0.3, -0.25) is 9.59 Å². The van der Waals surface area contributed by atoms with E-state index in [1.165, 1.54) is 39.2 Å². The van der Waals surface area contributed by atoms with Crippen molar-refractivity contribution in [3.63, 3.8) is 0 Å². The van der Waals surface area contributed by atoms with Gasteiger partial charge in [0.2, 0.25) is 0 Å². The van der Waals surface area contributed by atoms with Crippen molar-refractivity contribution in [2.75, 3.05) is 26.8 Å². The van der Waals surface area contributed by atoms with E-state index in [4.69, 9.17) is 4.74 Å². The van der Waals surface area contributed by atoms with Crippen LogP contribution in [0.2, 0.25) is 0 Å². The molecule has 2 fully saturated rings. The second-order valence-electron chi connectivity index (χ2n) is 8.30. The fourth-order valence-electron chi connectivity index (χ4n) is 5.00. The molecule has 1 atom stereocenters. The van der Waals surface area contributed by atoms with Crippen LogP contribution in [0.1, 0.15) is 72.7 Å². The lowest BCUT2D eigenvalue weighted by atomic mass is 9.80. The number of amides is 1. The quantitative estimate of drug-likeness (QED) is 0.853. The second kappa shape index (κ2) is 8.05. The van der Waals surface area contributed by atoms with Crippen molar-refractivity contribution in [1.82, 2.24) is 9.47 Å². The number of hydrogen-bond donors (Lipinski definition) is 1. The van der Waals surface area contributed by atoms with E-state index in [9.17, 15) is 14.7 Å². The van der Waals surface area contributed by atoms with Gasteiger partial charge >= 0.3 is 5.97 Å². The number of hydrogen-bond acceptors (Lipinski definition) is 3. The molecular formula is C21H32N2O4. The number of carboxylic acids is 1. The Kier molecular flexibility index (Phi) is 5.94. The SMILES string of the molecule is COCC1(C(=O)O)CCCN(C(=O)c2cc(C)n(C3CCCCC3)c2C)C1. The Bertz CT molecular complexity index is 701. The van der Waals surface area contributed by atoms with Crippen LogP contribution in [0.15, 0.2) is 6.07 Å². The van der Waals surface area contributed by atoms with Gasteiger partial charge in [-0.1, -0.05) is 19.3 Å². The Hall–Kier alpha value is -1.82. The van der Waals surface area contributed by atoms with Gasteiger partial charge < -0.3 is 19.3 Å². The van der Waals surface area contributed by atoms with Crippen LogP contribution < -0.4 is 0 Å². The Balaban J connectivity index is 1.84. The first kappa shape index (κ1) is 19.9. The van der Waals surface area contributed by atoms with Crippen LogP contribution in [-0.2, 0) is 9.53 Å². The van der Waals surface area contributed by atoms with Crippen LogP contribution >= 0.6 is 0 Å². The van der Waals surface area contributed by atoms with Crippen LogP contribution in [0.4, 0.5) is 0 Å². The average molecular weight is 376 g/mol. The van der Waals surface area contributed by atoms with Crippen molar-refractivity contribution in [1.29, 1.82) is 0 Å². The average Bonchev–Trinajstić information content (AvgIpc) is 2.96. The van der Waals surface area contributed by atoms with Crippen molar-refractivity contribution in [3.05, 3.63) is 23.0 Å². The minimum atomic E-state index is -1.00. The molecular weight excluding hydrogens is 344 g/mol. The number of carbonyl (C=O) groups excluding carboxylic acids is 1. The summed E-state index contributed by atoms with van der Waals surface area (Å²) in [6, 6.07) is 2.47. The van der Waals surface area contributed by atoms with Crippen molar-refractivity contribution in [2.45, 2.75) is 64.8 Å². The molecule has 1 amide bonds. The highest BCUT2D eigenvalue weighted by Gasteiger charge is 2.44. The van der Waals surface area contributed by atoms with Gasteiger partial charge in [0.15, 0.2) is 0 Å². The largest absolute Gasteiger partial charge is 0.481 e. The van der Waals surface area contributed by atoms with Crippen LogP contribution in [0, 0.1) is 19.3 Å². The molecule has 1 aliphatic carbocycles. The number of carbonyl (C=O) groups is 2. The van der Waals surface area contributed by atoms with E-state index >= 15 is 0 Å². The molecule has 0 aromatic carbocycles. The summed E-state index contributed by atoms with van der Waals surface area (Å²) in [5.41, 5.74) is 1.86. The molecule has 150 valence electrons. The molecule has 0 bridgehead atoms. The summed E-state index contributed by atoms with van der Waals surface area (Å²) in [6.45, 7) is 5.04. The summed E-state index contributed by atoms with van der Waals surface area (Å²) in [5.74, 6) is -0.930. The zero-order valence-electron chi connectivity index (χ0n) is 16.8. The van der Waals surface area contributed by atoms with Gasteiger partial charge in [0, 0.05) is 37.6 Å². The Morgan fingerprint density at radius 1 is 1.22 bits per heavy atom. The van der Waals surface area contributed by atoms with Gasteiger partial charge in [0.05, 0.1) is 12.2 Å². The first-order chi connectivity index (χ1) is 12.9. The van der Waals surface area contributed by atoms with E-state index in [2.05, 4.69) is 11.5 Å². The molecule has 0 radical (unpaired) electrons. The molecule has 27 heavy (non-hydrogen) atoms. The van der Waals surface area contributed by atoms with Gasteiger partial charge in [-0.15, -0.1) is 0 Å². The smallest absolute Gasteiger partial charge is 0.313 e. The number of piperidine rings is 1. The maximum Gasteiger partial charge on any atom is 0.313 e. The van der Waals surface area contributed by atoms with Gasteiger partial charge in [-0.05, 0) is 45.6 Å². The van der Waals surface area contributed by atoms with Gasteiger partial charge in [-0.25, -0.2) is 0 Å². The summed E-state index contributed by atoms with van der Waals surface area (Å²) in [5, 5.41) is 9.74. The van der Waals surface area contributed by atoms with Crippen LogP contribution in [0.5, 0.6) is 0 Å². The molecule has 0 spiro atoms. The molecule has 2 heterocycles. The number of likely N-dealkylation sites (tertiary alicyclic amines) is 1. The van der Waals surface area contributed by atoms with Crippen molar-refractivity contribution in [3.8, 4) is 0 Å². The number of carboxylic acid groups (broad SMARTS) is 1. The monoisotopic (exact) mass is 376 g/mol. The first-order valence-corrected chi connectivity index (χ1v) is 10.1. The van der Waals surface area contributed by atoms with E-state index in [-0.39, 0.29) is 19.1 Å². The molecule has 6 heteroatoms. The minimum Gasteiger partial charge on any atom is -0.481 e. The molecule has 1 aliphatic heterocycles. The predicted octanol–water partition coefficient (Wildman–Crippen LogP) is 3.56. The van der Waals surface area contributed by atoms with Gasteiger partial charge in [-0.2, -0.15) is 0 Å². The maximum atomic E-state index is 13.3. The number of ether oxygens (including phenoxy) is 1. The third kappa shape index (κ3) is 3.77. The van der Waals surface area contributed by atoms with E-state index in [0.29, 0.717) is 25.4 Å². The molecule has 1 aromatic rings. The standard InChI is InChI=1S/C21H32N2O4/c1-15-12-18(16(2)23(15)17-8-5-4-6-9-17)19(24)22-11-7-10-21(13-22,14-27-3)20(25)26/h12,17H,4-11,13-14H2,1-3H3,(H,25,26).